The van der Waals surface area contributed by atoms with Crippen molar-refractivity contribution >= 4 is 23.4 Å². The summed E-state index contributed by atoms with van der Waals surface area (Å²) in [6.07, 6.45) is 0.740. The van der Waals surface area contributed by atoms with E-state index in [0.717, 1.165) is 23.2 Å². The quantitative estimate of drug-likeness (QED) is 0.315. The molecular formula is C24H23N5O2S. The van der Waals surface area contributed by atoms with Crippen LogP contribution in [0, 0.1) is 0 Å². The van der Waals surface area contributed by atoms with Crippen LogP contribution in [0.25, 0.3) is 11.4 Å². The molecule has 8 heteroatoms. The Kier molecular flexibility index (Phi) is 6.72. The topological polar surface area (TPSA) is 95.1 Å². The van der Waals surface area contributed by atoms with Crippen LogP contribution in [0.1, 0.15) is 11.1 Å². The van der Waals surface area contributed by atoms with Crippen molar-refractivity contribution in [3.63, 3.8) is 0 Å². The minimum atomic E-state index is -0.141. The van der Waals surface area contributed by atoms with Crippen LogP contribution in [0.3, 0.4) is 0 Å². The number of nitrogens with one attached hydrogen (secondary N) is 1. The van der Waals surface area contributed by atoms with Crippen LogP contribution >= 0.6 is 11.8 Å². The normalized spacial score (nSPS) is 10.7. The molecule has 0 aliphatic rings. The molecule has 0 saturated carbocycles. The number of anilines is 1. The lowest BCUT2D eigenvalue weighted by Gasteiger charge is -2.11. The average Bonchev–Trinajstić information content (AvgIpc) is 3.19. The van der Waals surface area contributed by atoms with Crippen LogP contribution in [-0.4, -0.2) is 33.6 Å². The molecule has 162 valence electrons. The Morgan fingerprint density at radius 1 is 1.00 bits per heavy atom. The molecule has 3 N–H and O–H groups in total. The molecule has 0 radical (unpaired) electrons. The third-order valence-corrected chi connectivity index (χ3v) is 5.82. The first-order valence-electron chi connectivity index (χ1n) is 10.0. The molecule has 0 fully saturated rings. The van der Waals surface area contributed by atoms with Crippen LogP contribution in [0.2, 0.25) is 0 Å². The molecule has 0 bridgehead atoms. The Morgan fingerprint density at radius 3 is 2.53 bits per heavy atom. The third-order valence-electron chi connectivity index (χ3n) is 4.87. The standard InChI is InChI=1S/C24H23N5O2S/c1-31-21-14-8-6-12-19(21)23-27-28-24(29(23)25)32-16-22(30)26-20-13-7-5-11-18(20)15-17-9-3-2-4-10-17/h2-14H,15-16,25H2,1H3,(H,26,30). The van der Waals surface area contributed by atoms with Crippen molar-refractivity contribution in [3.05, 3.63) is 90.0 Å². The molecule has 1 heterocycles. The van der Waals surface area contributed by atoms with E-state index in [0.29, 0.717) is 16.7 Å². The summed E-state index contributed by atoms with van der Waals surface area (Å²) in [5, 5.41) is 11.8. The van der Waals surface area contributed by atoms with Gasteiger partial charge in [0.2, 0.25) is 11.1 Å². The molecule has 0 aliphatic carbocycles. The van der Waals surface area contributed by atoms with Gasteiger partial charge in [0.05, 0.1) is 18.4 Å². The minimum Gasteiger partial charge on any atom is -0.496 e. The summed E-state index contributed by atoms with van der Waals surface area (Å²) in [6, 6.07) is 25.4. The predicted molar refractivity (Wildman–Crippen MR) is 127 cm³/mol. The number of hydrogen-bond donors (Lipinski definition) is 2. The highest BCUT2D eigenvalue weighted by Gasteiger charge is 2.17. The van der Waals surface area contributed by atoms with Crippen molar-refractivity contribution < 1.29 is 9.53 Å². The summed E-state index contributed by atoms with van der Waals surface area (Å²) in [6.45, 7) is 0. The number of hydrogen-bond acceptors (Lipinski definition) is 6. The summed E-state index contributed by atoms with van der Waals surface area (Å²) in [7, 11) is 1.59. The summed E-state index contributed by atoms with van der Waals surface area (Å²) < 4.78 is 6.75. The van der Waals surface area contributed by atoms with Gasteiger partial charge < -0.3 is 15.9 Å². The summed E-state index contributed by atoms with van der Waals surface area (Å²) in [5.41, 5.74) is 3.77. The molecule has 0 saturated heterocycles. The second kappa shape index (κ2) is 10.0. The zero-order valence-electron chi connectivity index (χ0n) is 17.6. The third kappa shape index (κ3) is 4.92. The molecule has 4 rings (SSSR count). The van der Waals surface area contributed by atoms with Gasteiger partial charge in [-0.2, -0.15) is 0 Å². The number of carbonyl (C=O) groups excluding carboxylic acids is 1. The van der Waals surface area contributed by atoms with Crippen molar-refractivity contribution in [2.24, 2.45) is 0 Å². The van der Waals surface area contributed by atoms with E-state index >= 15 is 0 Å². The zero-order valence-corrected chi connectivity index (χ0v) is 18.4. The van der Waals surface area contributed by atoms with Crippen LogP contribution in [-0.2, 0) is 11.2 Å². The molecule has 0 unspecified atom stereocenters. The Hall–Kier alpha value is -3.78. The monoisotopic (exact) mass is 445 g/mol. The number of aromatic nitrogens is 3. The number of amides is 1. The van der Waals surface area contributed by atoms with E-state index in [1.54, 1.807) is 7.11 Å². The molecule has 1 amide bonds. The van der Waals surface area contributed by atoms with Gasteiger partial charge in [-0.25, -0.2) is 4.68 Å². The first-order chi connectivity index (χ1) is 15.7. The number of nitrogens with two attached hydrogens (primary N) is 1. The lowest BCUT2D eigenvalue weighted by atomic mass is 10.0. The van der Waals surface area contributed by atoms with Gasteiger partial charge in [-0.1, -0.05) is 72.4 Å². The van der Waals surface area contributed by atoms with Gasteiger partial charge in [0.15, 0.2) is 5.82 Å². The molecule has 0 atom stereocenters. The molecule has 32 heavy (non-hydrogen) atoms. The number of nitrogen functional groups attached to an aromatic ring is 1. The van der Waals surface area contributed by atoms with Crippen molar-refractivity contribution in [3.8, 4) is 17.1 Å². The molecule has 0 spiro atoms. The lowest BCUT2D eigenvalue weighted by molar-refractivity contribution is -0.113. The highest BCUT2D eigenvalue weighted by molar-refractivity contribution is 7.99. The number of para-hydroxylation sites is 2. The van der Waals surface area contributed by atoms with Gasteiger partial charge in [0.1, 0.15) is 5.75 Å². The summed E-state index contributed by atoms with van der Waals surface area (Å²) >= 11 is 1.22. The van der Waals surface area contributed by atoms with E-state index in [9.17, 15) is 4.79 Å². The second-order valence-electron chi connectivity index (χ2n) is 7.03. The van der Waals surface area contributed by atoms with E-state index in [-0.39, 0.29) is 11.7 Å². The number of methoxy groups -OCH3 is 1. The van der Waals surface area contributed by atoms with Gasteiger partial charge in [0.25, 0.3) is 0 Å². The van der Waals surface area contributed by atoms with Gasteiger partial charge in [-0.15, -0.1) is 10.2 Å². The van der Waals surface area contributed by atoms with Crippen LogP contribution in [0.15, 0.2) is 84.0 Å². The Balaban J connectivity index is 1.42. The van der Waals surface area contributed by atoms with E-state index < -0.39 is 0 Å². The molecule has 0 aliphatic heterocycles. The minimum absolute atomic E-state index is 0.141. The first-order valence-corrected chi connectivity index (χ1v) is 11.0. The van der Waals surface area contributed by atoms with Gasteiger partial charge >= 0.3 is 0 Å². The highest BCUT2D eigenvalue weighted by Crippen LogP contribution is 2.29. The molecule has 7 nitrogen and oxygen atoms in total. The molecular weight excluding hydrogens is 422 g/mol. The lowest BCUT2D eigenvalue weighted by Crippen LogP contribution is -2.17. The van der Waals surface area contributed by atoms with Gasteiger partial charge in [-0.3, -0.25) is 4.79 Å². The maximum Gasteiger partial charge on any atom is 0.234 e. The fourth-order valence-electron chi connectivity index (χ4n) is 3.32. The van der Waals surface area contributed by atoms with E-state index in [2.05, 4.69) is 27.6 Å². The average molecular weight is 446 g/mol. The van der Waals surface area contributed by atoms with E-state index in [1.807, 2.05) is 66.7 Å². The SMILES string of the molecule is COc1ccccc1-c1nnc(SCC(=O)Nc2ccccc2Cc2ccccc2)n1N. The summed E-state index contributed by atoms with van der Waals surface area (Å²) in [5.74, 6) is 7.32. The van der Waals surface area contributed by atoms with Crippen molar-refractivity contribution in [2.75, 3.05) is 24.0 Å². The van der Waals surface area contributed by atoms with E-state index in [1.165, 1.54) is 22.0 Å². The van der Waals surface area contributed by atoms with E-state index in [4.69, 9.17) is 10.6 Å². The number of carbonyl (C=O) groups is 1. The van der Waals surface area contributed by atoms with Gasteiger partial charge in [-0.05, 0) is 35.7 Å². The van der Waals surface area contributed by atoms with Crippen LogP contribution in [0.4, 0.5) is 5.69 Å². The Morgan fingerprint density at radius 2 is 1.72 bits per heavy atom. The number of rotatable bonds is 8. The van der Waals surface area contributed by atoms with Crippen molar-refractivity contribution in [2.45, 2.75) is 11.6 Å². The van der Waals surface area contributed by atoms with Crippen molar-refractivity contribution in [1.82, 2.24) is 14.9 Å². The first kappa shape index (κ1) is 21.5. The predicted octanol–water partition coefficient (Wildman–Crippen LogP) is 3.99. The number of thioether (sulfide) groups is 1. The Labute approximate surface area is 190 Å². The number of ether oxygens (including phenoxy) is 1. The Bertz CT molecular complexity index is 1210. The fraction of sp³-hybridized carbons (Fsp3) is 0.125. The highest BCUT2D eigenvalue weighted by atomic mass is 32.2. The largest absolute Gasteiger partial charge is 0.496 e. The van der Waals surface area contributed by atoms with Gasteiger partial charge in [0, 0.05) is 5.69 Å². The van der Waals surface area contributed by atoms with Crippen LogP contribution < -0.4 is 15.9 Å². The number of benzene rings is 3. The maximum absolute atomic E-state index is 12.6. The summed E-state index contributed by atoms with van der Waals surface area (Å²) in [4.78, 5) is 12.6. The van der Waals surface area contributed by atoms with Crippen molar-refractivity contribution in [1.29, 1.82) is 0 Å². The van der Waals surface area contributed by atoms with Crippen LogP contribution in [0.5, 0.6) is 5.75 Å². The maximum atomic E-state index is 12.6. The molecule has 3 aromatic carbocycles. The smallest absolute Gasteiger partial charge is 0.234 e. The zero-order chi connectivity index (χ0) is 22.3. The second-order valence-corrected chi connectivity index (χ2v) is 7.98. The fourth-order valence-corrected chi connectivity index (χ4v) is 3.97. The number of nitrogens with zero attached hydrogens (tertiary/aromatic N) is 3. The molecule has 1 aromatic heterocycles. The molecule has 4 aromatic rings.